The third kappa shape index (κ3) is 4.01. The van der Waals surface area contributed by atoms with Gasteiger partial charge in [-0.2, -0.15) is 13.2 Å². The molecule has 2 aliphatic heterocycles. The van der Waals surface area contributed by atoms with Crippen LogP contribution >= 0.6 is 0 Å². The van der Waals surface area contributed by atoms with Crippen molar-refractivity contribution in [3.63, 3.8) is 0 Å². The van der Waals surface area contributed by atoms with E-state index in [1.54, 1.807) is 0 Å². The van der Waals surface area contributed by atoms with Crippen molar-refractivity contribution in [3.05, 3.63) is 34.9 Å². The number of fused-ring (bicyclic) bond motifs is 2. The highest BCUT2D eigenvalue weighted by molar-refractivity contribution is 5.97. The summed E-state index contributed by atoms with van der Waals surface area (Å²) >= 11 is 0. The van der Waals surface area contributed by atoms with E-state index in [1.165, 1.54) is 11.1 Å². The van der Waals surface area contributed by atoms with Gasteiger partial charge in [-0.15, -0.1) is 0 Å². The van der Waals surface area contributed by atoms with Crippen LogP contribution in [0.2, 0.25) is 0 Å². The number of benzene rings is 1. The van der Waals surface area contributed by atoms with E-state index < -0.39 is 12.1 Å². The van der Waals surface area contributed by atoms with E-state index in [2.05, 4.69) is 18.3 Å². The first-order valence-corrected chi connectivity index (χ1v) is 7.11. The molecule has 0 unspecified atom stereocenters. The van der Waals surface area contributed by atoms with Crippen molar-refractivity contribution in [2.45, 2.75) is 25.6 Å². The van der Waals surface area contributed by atoms with Gasteiger partial charge in [0.05, 0.1) is 0 Å². The number of carboxylic acids is 1. The molecule has 1 aromatic carbocycles. The van der Waals surface area contributed by atoms with E-state index in [9.17, 15) is 18.0 Å². The normalized spacial score (nSPS) is 20.1. The van der Waals surface area contributed by atoms with Crippen LogP contribution in [0.1, 0.15) is 21.5 Å². The van der Waals surface area contributed by atoms with Crippen LogP contribution < -0.4 is 5.32 Å². The molecular weight excluding hydrogens is 313 g/mol. The Balaban J connectivity index is 0.000000236. The standard InChI is InChI=1S/C13H16N2O.C2HF3O2/c1-9-2-3-12-10(6-9)7-11-8-14-4-5-15(11)13(12)16;3-2(4,5)1(6)7/h2-3,6,11,14H,4-5,7-8H2,1H3;(H,6,7)/t11-;/m1./s1. The Morgan fingerprint density at radius 1 is 1.39 bits per heavy atom. The molecule has 0 aromatic heterocycles. The fourth-order valence-corrected chi connectivity index (χ4v) is 2.72. The first kappa shape index (κ1) is 17.3. The summed E-state index contributed by atoms with van der Waals surface area (Å²) in [7, 11) is 0. The molecule has 1 saturated heterocycles. The summed E-state index contributed by atoms with van der Waals surface area (Å²) < 4.78 is 31.7. The Morgan fingerprint density at radius 3 is 2.65 bits per heavy atom. The molecule has 0 spiro atoms. The number of piperazine rings is 1. The van der Waals surface area contributed by atoms with Gasteiger partial charge in [-0.05, 0) is 25.0 Å². The van der Waals surface area contributed by atoms with Gasteiger partial charge in [-0.3, -0.25) is 4.79 Å². The number of nitrogens with zero attached hydrogens (tertiary/aromatic N) is 1. The second-order valence-electron chi connectivity index (χ2n) is 5.52. The van der Waals surface area contributed by atoms with Crippen molar-refractivity contribution < 1.29 is 27.9 Å². The number of nitrogens with one attached hydrogen (secondary N) is 1. The maximum absolute atomic E-state index is 12.3. The summed E-state index contributed by atoms with van der Waals surface area (Å²) in [5.74, 6) is -2.54. The van der Waals surface area contributed by atoms with Crippen LogP contribution in [-0.2, 0) is 11.2 Å². The average molecular weight is 330 g/mol. The van der Waals surface area contributed by atoms with E-state index in [1.807, 2.05) is 17.0 Å². The molecule has 0 aliphatic carbocycles. The third-order valence-corrected chi connectivity index (χ3v) is 3.80. The predicted octanol–water partition coefficient (Wildman–Crippen LogP) is 1.60. The van der Waals surface area contributed by atoms with E-state index in [0.29, 0.717) is 6.04 Å². The van der Waals surface area contributed by atoms with Crippen molar-refractivity contribution >= 4 is 11.9 Å². The summed E-state index contributed by atoms with van der Waals surface area (Å²) in [5, 5.41) is 10.5. The number of carbonyl (C=O) groups excluding carboxylic acids is 1. The van der Waals surface area contributed by atoms with Gasteiger partial charge in [0.25, 0.3) is 5.91 Å². The predicted molar refractivity (Wildman–Crippen MR) is 76.3 cm³/mol. The highest BCUT2D eigenvalue weighted by atomic mass is 19.4. The number of hydrogen-bond acceptors (Lipinski definition) is 3. The van der Waals surface area contributed by atoms with Crippen LogP contribution in [0.15, 0.2) is 18.2 Å². The molecule has 0 bridgehead atoms. The lowest BCUT2D eigenvalue weighted by molar-refractivity contribution is -0.192. The molecular formula is C15H17F3N2O3. The summed E-state index contributed by atoms with van der Waals surface area (Å²) in [6, 6.07) is 6.51. The van der Waals surface area contributed by atoms with Crippen molar-refractivity contribution in [1.82, 2.24) is 10.2 Å². The zero-order valence-corrected chi connectivity index (χ0v) is 12.5. The van der Waals surface area contributed by atoms with Crippen LogP contribution in [0.5, 0.6) is 0 Å². The molecule has 2 N–H and O–H groups in total. The van der Waals surface area contributed by atoms with E-state index in [4.69, 9.17) is 9.90 Å². The Bertz CT molecular complexity index is 616. The highest BCUT2D eigenvalue weighted by Gasteiger charge is 2.38. The minimum absolute atomic E-state index is 0.216. The number of rotatable bonds is 0. The number of hydrogen-bond donors (Lipinski definition) is 2. The highest BCUT2D eigenvalue weighted by Crippen LogP contribution is 2.24. The fraction of sp³-hybridized carbons (Fsp3) is 0.467. The molecule has 8 heteroatoms. The minimum atomic E-state index is -5.08. The van der Waals surface area contributed by atoms with Crippen LogP contribution in [-0.4, -0.2) is 53.7 Å². The van der Waals surface area contributed by atoms with Gasteiger partial charge in [-0.25, -0.2) is 4.79 Å². The smallest absolute Gasteiger partial charge is 0.475 e. The SMILES string of the molecule is Cc1ccc2c(c1)C[C@@H]1CNCCN1C2=O.O=C(O)C(F)(F)F. The van der Waals surface area contributed by atoms with Gasteiger partial charge < -0.3 is 15.3 Å². The minimum Gasteiger partial charge on any atom is -0.475 e. The van der Waals surface area contributed by atoms with E-state index in [0.717, 1.165) is 31.6 Å². The summed E-state index contributed by atoms with van der Waals surface area (Å²) in [6.07, 6.45) is -4.09. The van der Waals surface area contributed by atoms with E-state index in [-0.39, 0.29) is 5.91 Å². The lowest BCUT2D eigenvalue weighted by Gasteiger charge is -2.40. The molecule has 3 rings (SSSR count). The molecule has 0 radical (unpaired) electrons. The molecule has 1 atom stereocenters. The van der Waals surface area contributed by atoms with Crippen LogP contribution in [0.4, 0.5) is 13.2 Å². The molecule has 0 saturated carbocycles. The molecule has 2 aliphatic rings. The molecule has 126 valence electrons. The lowest BCUT2D eigenvalue weighted by atomic mass is 9.91. The number of aliphatic carboxylic acids is 1. The zero-order chi connectivity index (χ0) is 17.2. The summed E-state index contributed by atoms with van der Waals surface area (Å²) in [6.45, 7) is 4.77. The topological polar surface area (TPSA) is 69.6 Å². The van der Waals surface area contributed by atoms with Gasteiger partial charge in [-0.1, -0.05) is 17.7 Å². The number of alkyl halides is 3. The zero-order valence-electron chi connectivity index (χ0n) is 12.5. The summed E-state index contributed by atoms with van der Waals surface area (Å²) in [5.41, 5.74) is 3.36. The van der Waals surface area contributed by atoms with Crippen molar-refractivity contribution in [1.29, 1.82) is 0 Å². The van der Waals surface area contributed by atoms with Crippen LogP contribution in [0.25, 0.3) is 0 Å². The lowest BCUT2D eigenvalue weighted by Crippen LogP contribution is -2.56. The van der Waals surface area contributed by atoms with E-state index >= 15 is 0 Å². The Kier molecular flexibility index (Phi) is 4.93. The molecule has 1 amide bonds. The first-order valence-electron chi connectivity index (χ1n) is 7.11. The quantitative estimate of drug-likeness (QED) is 0.758. The molecule has 23 heavy (non-hydrogen) atoms. The Hall–Kier alpha value is -2.09. The number of carboxylic acid groups (broad SMARTS) is 1. The molecule has 1 aromatic rings. The largest absolute Gasteiger partial charge is 0.490 e. The van der Waals surface area contributed by atoms with Gasteiger partial charge >= 0.3 is 12.1 Å². The van der Waals surface area contributed by atoms with Gasteiger partial charge in [0.15, 0.2) is 0 Å². The van der Waals surface area contributed by atoms with Crippen molar-refractivity contribution in [3.8, 4) is 0 Å². The number of aryl methyl sites for hydroxylation is 1. The second-order valence-corrected chi connectivity index (χ2v) is 5.52. The maximum atomic E-state index is 12.3. The van der Waals surface area contributed by atoms with Gasteiger partial charge in [0.2, 0.25) is 0 Å². The second kappa shape index (κ2) is 6.57. The fourth-order valence-electron chi connectivity index (χ4n) is 2.72. The number of halogens is 3. The molecule has 5 nitrogen and oxygen atoms in total. The van der Waals surface area contributed by atoms with Crippen molar-refractivity contribution in [2.75, 3.05) is 19.6 Å². The average Bonchev–Trinajstić information content (AvgIpc) is 2.47. The number of carbonyl (C=O) groups is 2. The molecule has 1 fully saturated rings. The Labute approximate surface area is 131 Å². The van der Waals surface area contributed by atoms with Crippen LogP contribution in [0, 0.1) is 6.92 Å². The number of amides is 1. The maximum Gasteiger partial charge on any atom is 0.490 e. The third-order valence-electron chi connectivity index (χ3n) is 3.80. The van der Waals surface area contributed by atoms with Crippen molar-refractivity contribution in [2.24, 2.45) is 0 Å². The monoisotopic (exact) mass is 330 g/mol. The van der Waals surface area contributed by atoms with Gasteiger partial charge in [0.1, 0.15) is 0 Å². The van der Waals surface area contributed by atoms with Gasteiger partial charge in [0, 0.05) is 31.2 Å². The summed E-state index contributed by atoms with van der Waals surface area (Å²) in [4.78, 5) is 23.2. The Morgan fingerprint density at radius 2 is 2.04 bits per heavy atom. The first-order chi connectivity index (χ1) is 10.7. The molecule has 2 heterocycles. The van der Waals surface area contributed by atoms with Crippen LogP contribution in [0.3, 0.4) is 0 Å².